The van der Waals surface area contributed by atoms with Crippen LogP contribution in [-0.2, 0) is 39.9 Å². The van der Waals surface area contributed by atoms with Gasteiger partial charge in [0.1, 0.15) is 24.9 Å². The second kappa shape index (κ2) is 14.8. The largest absolute Gasteiger partial charge is 0.467 e. The van der Waals surface area contributed by atoms with Crippen LogP contribution < -0.4 is 10.6 Å². The molecule has 258 valence electrons. The van der Waals surface area contributed by atoms with Crippen LogP contribution in [0.2, 0.25) is 0 Å². The summed E-state index contributed by atoms with van der Waals surface area (Å²) in [7, 11) is 1.16. The van der Waals surface area contributed by atoms with Crippen molar-refractivity contribution in [3.05, 3.63) is 95.6 Å². The minimum absolute atomic E-state index is 0.00319. The number of fused-ring (bicyclic) bond motifs is 3. The van der Waals surface area contributed by atoms with Gasteiger partial charge in [-0.15, -0.1) is 0 Å². The number of carbonyl (C=O) groups is 5. The van der Waals surface area contributed by atoms with Crippen LogP contribution in [0.1, 0.15) is 56.2 Å². The molecule has 0 radical (unpaired) electrons. The van der Waals surface area contributed by atoms with Gasteiger partial charge in [-0.05, 0) is 55.0 Å². The topological polar surface area (TPSA) is 150 Å². The maximum atomic E-state index is 13.8. The zero-order chi connectivity index (χ0) is 35.2. The lowest BCUT2D eigenvalue weighted by molar-refractivity contribution is -0.149. The van der Waals surface area contributed by atoms with Crippen molar-refractivity contribution in [2.45, 2.75) is 63.3 Å². The van der Waals surface area contributed by atoms with Crippen LogP contribution in [0, 0.1) is 0 Å². The van der Waals surface area contributed by atoms with E-state index in [0.717, 1.165) is 34.9 Å². The lowest BCUT2D eigenvalue weighted by Gasteiger charge is -2.48. The molecule has 12 heteroatoms. The molecule has 0 aromatic heterocycles. The Bertz CT molecular complexity index is 1650. The number of likely N-dealkylation sites (tertiary alicyclic amines) is 1. The molecule has 12 nitrogen and oxygen atoms in total. The first-order chi connectivity index (χ1) is 23.4. The predicted octanol–water partition coefficient (Wildman–Crippen LogP) is 4.70. The van der Waals surface area contributed by atoms with Crippen molar-refractivity contribution >= 4 is 30.0 Å². The Kier molecular flexibility index (Phi) is 10.5. The lowest BCUT2D eigenvalue weighted by atomic mass is 9.88. The number of ether oxygens (including phenoxy) is 4. The normalized spacial score (nSPS) is 15.1. The standard InChI is InChI=1S/C37H41N3O9/c1-36(2,3)49-35(45)40-22-37(23-40,33(43)38-30(32(42)46-4)18-19-31(41)47-20-24-12-6-5-7-13-24)39-34(44)48-21-29-27-16-10-8-14-25(27)26-15-9-11-17-28(26)29/h5-17,29-30H,18-23H2,1-4H3,(H,38,43)(H,39,44)/t30-/m0/s1. The molecule has 1 atom stereocenters. The van der Waals surface area contributed by atoms with E-state index < -0.39 is 47.2 Å². The third-order valence-corrected chi connectivity index (χ3v) is 8.36. The fraction of sp³-hybridized carbons (Fsp3) is 0.378. The summed E-state index contributed by atoms with van der Waals surface area (Å²) in [5, 5.41) is 5.25. The number of hydrogen-bond acceptors (Lipinski definition) is 9. The summed E-state index contributed by atoms with van der Waals surface area (Å²) in [4.78, 5) is 66.4. The molecule has 1 fully saturated rings. The second-order valence-electron chi connectivity index (χ2n) is 13.1. The van der Waals surface area contributed by atoms with Gasteiger partial charge in [0.25, 0.3) is 0 Å². The van der Waals surface area contributed by atoms with Crippen molar-refractivity contribution in [3.8, 4) is 11.1 Å². The van der Waals surface area contributed by atoms with Crippen molar-refractivity contribution in [2.75, 3.05) is 26.8 Å². The highest BCUT2D eigenvalue weighted by molar-refractivity contribution is 5.96. The van der Waals surface area contributed by atoms with Gasteiger partial charge in [0.2, 0.25) is 5.91 Å². The molecule has 49 heavy (non-hydrogen) atoms. The summed E-state index contributed by atoms with van der Waals surface area (Å²) in [6, 6.07) is 23.7. The number of alkyl carbamates (subject to hydrolysis) is 1. The van der Waals surface area contributed by atoms with Gasteiger partial charge in [-0.3, -0.25) is 9.59 Å². The summed E-state index contributed by atoms with van der Waals surface area (Å²) >= 11 is 0. The summed E-state index contributed by atoms with van der Waals surface area (Å²) in [6.07, 6.45) is -1.86. The molecule has 2 aliphatic rings. The number of benzene rings is 3. The summed E-state index contributed by atoms with van der Waals surface area (Å²) in [6.45, 7) is 4.71. The van der Waals surface area contributed by atoms with Crippen molar-refractivity contribution in [1.29, 1.82) is 0 Å². The maximum Gasteiger partial charge on any atom is 0.410 e. The number of rotatable bonds is 11. The van der Waals surface area contributed by atoms with Gasteiger partial charge in [0.05, 0.1) is 20.2 Å². The van der Waals surface area contributed by atoms with E-state index in [1.165, 1.54) is 4.90 Å². The number of nitrogens with zero attached hydrogens (tertiary/aromatic N) is 1. The Morgan fingerprint density at radius 2 is 1.45 bits per heavy atom. The van der Waals surface area contributed by atoms with Gasteiger partial charge in [0.15, 0.2) is 5.54 Å². The molecular weight excluding hydrogens is 630 g/mol. The van der Waals surface area contributed by atoms with E-state index in [2.05, 4.69) is 10.6 Å². The Morgan fingerprint density at radius 1 is 0.857 bits per heavy atom. The predicted molar refractivity (Wildman–Crippen MR) is 178 cm³/mol. The summed E-state index contributed by atoms with van der Waals surface area (Å²) in [5.74, 6) is -2.33. The van der Waals surface area contributed by atoms with Crippen LogP contribution in [0.15, 0.2) is 78.9 Å². The van der Waals surface area contributed by atoms with E-state index in [0.29, 0.717) is 0 Å². The Labute approximate surface area is 285 Å². The van der Waals surface area contributed by atoms with Gasteiger partial charge >= 0.3 is 24.1 Å². The molecule has 0 unspecified atom stereocenters. The number of methoxy groups -OCH3 is 1. The number of esters is 2. The quantitative estimate of drug-likeness (QED) is 0.219. The zero-order valence-electron chi connectivity index (χ0n) is 28.0. The van der Waals surface area contributed by atoms with Gasteiger partial charge < -0.3 is 34.5 Å². The summed E-state index contributed by atoms with van der Waals surface area (Å²) < 4.78 is 21.3. The summed E-state index contributed by atoms with van der Waals surface area (Å²) in [5.41, 5.74) is 2.52. The van der Waals surface area contributed by atoms with E-state index in [1.807, 2.05) is 78.9 Å². The van der Waals surface area contributed by atoms with E-state index in [1.54, 1.807) is 20.8 Å². The van der Waals surface area contributed by atoms with Crippen LogP contribution in [0.4, 0.5) is 9.59 Å². The van der Waals surface area contributed by atoms with Crippen molar-refractivity contribution in [3.63, 3.8) is 0 Å². The minimum Gasteiger partial charge on any atom is -0.467 e. The van der Waals surface area contributed by atoms with Gasteiger partial charge in [0, 0.05) is 12.3 Å². The average molecular weight is 672 g/mol. The van der Waals surface area contributed by atoms with Crippen LogP contribution in [0.25, 0.3) is 11.1 Å². The molecule has 1 saturated heterocycles. The molecule has 3 aromatic rings. The van der Waals surface area contributed by atoms with Crippen LogP contribution in [0.3, 0.4) is 0 Å². The monoisotopic (exact) mass is 671 g/mol. The van der Waals surface area contributed by atoms with Crippen LogP contribution in [0.5, 0.6) is 0 Å². The Hall–Kier alpha value is -5.39. The minimum atomic E-state index is -1.65. The molecule has 1 aliphatic heterocycles. The van der Waals surface area contributed by atoms with Crippen molar-refractivity contribution < 1.29 is 42.9 Å². The van der Waals surface area contributed by atoms with Crippen LogP contribution >= 0.6 is 0 Å². The average Bonchev–Trinajstić information content (AvgIpc) is 3.38. The van der Waals surface area contributed by atoms with Gasteiger partial charge in [-0.2, -0.15) is 0 Å². The van der Waals surface area contributed by atoms with E-state index >= 15 is 0 Å². The first-order valence-electron chi connectivity index (χ1n) is 16.1. The van der Waals surface area contributed by atoms with E-state index in [9.17, 15) is 24.0 Å². The highest BCUT2D eigenvalue weighted by atomic mass is 16.6. The van der Waals surface area contributed by atoms with E-state index in [-0.39, 0.29) is 45.1 Å². The number of nitrogens with one attached hydrogen (secondary N) is 2. The first-order valence-corrected chi connectivity index (χ1v) is 16.1. The number of hydrogen-bond donors (Lipinski definition) is 2. The Morgan fingerprint density at radius 3 is 2.04 bits per heavy atom. The van der Waals surface area contributed by atoms with E-state index in [4.69, 9.17) is 18.9 Å². The smallest absolute Gasteiger partial charge is 0.410 e. The molecule has 3 aromatic carbocycles. The molecule has 0 bridgehead atoms. The van der Waals surface area contributed by atoms with Crippen molar-refractivity contribution in [1.82, 2.24) is 15.5 Å². The number of amides is 3. The highest BCUT2D eigenvalue weighted by Crippen LogP contribution is 2.44. The maximum absolute atomic E-state index is 13.8. The second-order valence-corrected chi connectivity index (χ2v) is 13.1. The molecule has 2 N–H and O–H groups in total. The third kappa shape index (κ3) is 8.37. The molecule has 1 heterocycles. The van der Waals surface area contributed by atoms with Gasteiger partial charge in [-0.1, -0.05) is 78.9 Å². The molecular formula is C37H41N3O9. The first kappa shape index (κ1) is 34.9. The molecule has 5 rings (SSSR count). The Balaban J connectivity index is 1.26. The zero-order valence-corrected chi connectivity index (χ0v) is 28.0. The van der Waals surface area contributed by atoms with Crippen molar-refractivity contribution in [2.24, 2.45) is 0 Å². The number of carbonyl (C=O) groups excluding carboxylic acids is 5. The highest BCUT2D eigenvalue weighted by Gasteiger charge is 2.54. The fourth-order valence-corrected chi connectivity index (χ4v) is 5.93. The SMILES string of the molecule is COC(=O)[C@H](CCC(=O)OCc1ccccc1)NC(=O)C1(NC(=O)OCC2c3ccccc3-c3ccccc32)CN(C(=O)OC(C)(C)C)C1. The molecule has 0 saturated carbocycles. The molecule has 0 spiro atoms. The third-order valence-electron chi connectivity index (χ3n) is 8.36. The van der Waals surface area contributed by atoms with Gasteiger partial charge in [-0.25, -0.2) is 14.4 Å². The lowest BCUT2D eigenvalue weighted by Crippen LogP contribution is -2.78. The fourth-order valence-electron chi connectivity index (χ4n) is 5.93. The molecule has 3 amide bonds. The van der Waals surface area contributed by atoms with Crippen LogP contribution in [-0.4, -0.2) is 78.9 Å². The molecule has 1 aliphatic carbocycles.